The molecule has 1 atom stereocenters. The molecule has 2 heteroatoms. The van der Waals surface area contributed by atoms with Crippen molar-refractivity contribution in [3.63, 3.8) is 0 Å². The molecule has 0 aliphatic heterocycles. The number of hydrogen-bond acceptors (Lipinski definition) is 2. The first-order valence-corrected chi connectivity index (χ1v) is 5.84. The van der Waals surface area contributed by atoms with Crippen molar-refractivity contribution in [3.05, 3.63) is 29.3 Å². The second-order valence-corrected chi connectivity index (χ2v) is 5.35. The summed E-state index contributed by atoms with van der Waals surface area (Å²) < 4.78 is 5.39. The summed E-state index contributed by atoms with van der Waals surface area (Å²) in [6, 6.07) is 6.24. The molecule has 88 valence electrons. The number of fused-ring (bicyclic) bond motifs is 1. The van der Waals surface area contributed by atoms with Gasteiger partial charge >= 0.3 is 0 Å². The fourth-order valence-electron chi connectivity index (χ4n) is 2.49. The molecule has 0 bridgehead atoms. The van der Waals surface area contributed by atoms with Gasteiger partial charge in [0.05, 0.1) is 7.11 Å². The number of hydrogen-bond donors (Lipinski definition) is 1. The zero-order chi connectivity index (χ0) is 11.8. The third kappa shape index (κ3) is 1.82. The molecule has 0 heterocycles. The fourth-order valence-corrected chi connectivity index (χ4v) is 2.49. The number of methoxy groups -OCH3 is 1. The van der Waals surface area contributed by atoms with Crippen molar-refractivity contribution in [2.75, 3.05) is 13.7 Å². The Morgan fingerprint density at radius 1 is 1.38 bits per heavy atom. The molecule has 0 fully saturated rings. The summed E-state index contributed by atoms with van der Waals surface area (Å²) in [5.41, 5.74) is 2.70. The van der Waals surface area contributed by atoms with Crippen LogP contribution in [0, 0.1) is 11.3 Å². The van der Waals surface area contributed by atoms with Crippen molar-refractivity contribution in [3.8, 4) is 5.75 Å². The molecule has 0 aromatic heterocycles. The molecule has 1 N–H and O–H groups in total. The molecule has 16 heavy (non-hydrogen) atoms. The van der Waals surface area contributed by atoms with E-state index in [1.807, 2.05) is 12.1 Å². The van der Waals surface area contributed by atoms with E-state index in [2.05, 4.69) is 19.9 Å². The lowest BCUT2D eigenvalue weighted by molar-refractivity contribution is 0.100. The molecule has 0 amide bonds. The van der Waals surface area contributed by atoms with Crippen molar-refractivity contribution in [2.24, 2.45) is 11.3 Å². The minimum atomic E-state index is -0.00989. The van der Waals surface area contributed by atoms with E-state index < -0.39 is 0 Å². The van der Waals surface area contributed by atoms with Crippen LogP contribution in [-0.4, -0.2) is 18.8 Å². The molecule has 1 aliphatic carbocycles. The molecular formula is C14H20O2. The monoisotopic (exact) mass is 220 g/mol. The van der Waals surface area contributed by atoms with Gasteiger partial charge in [0.1, 0.15) is 5.75 Å². The van der Waals surface area contributed by atoms with Gasteiger partial charge in [-0.2, -0.15) is 0 Å². The Bertz CT molecular complexity index is 382. The zero-order valence-corrected chi connectivity index (χ0v) is 10.3. The topological polar surface area (TPSA) is 29.5 Å². The maximum atomic E-state index is 9.43. The Hall–Kier alpha value is -1.02. The van der Waals surface area contributed by atoms with Crippen LogP contribution < -0.4 is 4.74 Å². The molecule has 1 aromatic carbocycles. The Kier molecular flexibility index (Phi) is 2.94. The zero-order valence-electron chi connectivity index (χ0n) is 10.3. The van der Waals surface area contributed by atoms with Gasteiger partial charge in [-0.05, 0) is 41.4 Å². The fraction of sp³-hybridized carbons (Fsp3) is 0.571. The predicted octanol–water partition coefficient (Wildman–Crippen LogP) is 2.43. The Labute approximate surface area is 97.3 Å². The highest BCUT2D eigenvalue weighted by Crippen LogP contribution is 2.41. The average Bonchev–Trinajstić information content (AvgIpc) is 2.73. The maximum absolute atomic E-state index is 9.43. The first-order chi connectivity index (χ1) is 7.58. The third-order valence-corrected chi connectivity index (χ3v) is 3.88. The minimum absolute atomic E-state index is 0.00989. The summed E-state index contributed by atoms with van der Waals surface area (Å²) in [5, 5.41) is 9.43. The van der Waals surface area contributed by atoms with Crippen LogP contribution in [0.5, 0.6) is 5.75 Å². The lowest BCUT2D eigenvalue weighted by atomic mass is 9.78. The van der Waals surface area contributed by atoms with E-state index in [1.165, 1.54) is 11.1 Å². The van der Waals surface area contributed by atoms with Crippen molar-refractivity contribution >= 4 is 0 Å². The lowest BCUT2D eigenvalue weighted by Crippen LogP contribution is -2.28. The molecule has 0 spiro atoms. The number of ether oxygens (including phenoxy) is 1. The van der Waals surface area contributed by atoms with Gasteiger partial charge in [-0.3, -0.25) is 0 Å². The molecule has 1 aliphatic rings. The van der Waals surface area contributed by atoms with Crippen LogP contribution in [0.3, 0.4) is 0 Å². The summed E-state index contributed by atoms with van der Waals surface area (Å²) >= 11 is 0. The minimum Gasteiger partial charge on any atom is -0.496 e. The largest absolute Gasteiger partial charge is 0.496 e. The van der Waals surface area contributed by atoms with Gasteiger partial charge in [0.15, 0.2) is 0 Å². The average molecular weight is 220 g/mol. The maximum Gasteiger partial charge on any atom is 0.122 e. The first kappa shape index (κ1) is 11.5. The molecule has 0 saturated heterocycles. The van der Waals surface area contributed by atoms with E-state index in [0.717, 1.165) is 18.6 Å². The van der Waals surface area contributed by atoms with Crippen LogP contribution in [0.4, 0.5) is 0 Å². The van der Waals surface area contributed by atoms with Crippen LogP contribution in [0.15, 0.2) is 18.2 Å². The van der Waals surface area contributed by atoms with Gasteiger partial charge in [-0.1, -0.05) is 26.0 Å². The second kappa shape index (κ2) is 4.10. The van der Waals surface area contributed by atoms with Crippen LogP contribution >= 0.6 is 0 Å². The number of aliphatic hydroxyl groups excluding tert-OH is 1. The number of benzene rings is 1. The van der Waals surface area contributed by atoms with Gasteiger partial charge in [0, 0.05) is 6.61 Å². The van der Waals surface area contributed by atoms with Crippen LogP contribution in [-0.2, 0) is 12.8 Å². The quantitative estimate of drug-likeness (QED) is 0.847. The molecule has 1 unspecified atom stereocenters. The molecular weight excluding hydrogens is 200 g/mol. The molecule has 2 rings (SSSR count). The summed E-state index contributed by atoms with van der Waals surface area (Å²) in [6.07, 6.45) is 2.08. The van der Waals surface area contributed by atoms with Gasteiger partial charge in [0.2, 0.25) is 0 Å². The summed E-state index contributed by atoms with van der Waals surface area (Å²) in [6.45, 7) is 4.51. The molecule has 0 saturated carbocycles. The van der Waals surface area contributed by atoms with Crippen molar-refractivity contribution in [2.45, 2.75) is 26.7 Å². The van der Waals surface area contributed by atoms with Crippen molar-refractivity contribution in [1.82, 2.24) is 0 Å². The first-order valence-electron chi connectivity index (χ1n) is 5.84. The van der Waals surface area contributed by atoms with E-state index in [9.17, 15) is 5.11 Å². The van der Waals surface area contributed by atoms with E-state index >= 15 is 0 Å². The summed E-state index contributed by atoms with van der Waals surface area (Å²) in [5.74, 6) is 1.51. The van der Waals surface area contributed by atoms with E-state index in [1.54, 1.807) is 7.11 Å². The van der Waals surface area contributed by atoms with Gasteiger partial charge < -0.3 is 9.84 Å². The molecule has 2 nitrogen and oxygen atoms in total. The Morgan fingerprint density at radius 2 is 2.12 bits per heavy atom. The smallest absolute Gasteiger partial charge is 0.122 e. The third-order valence-electron chi connectivity index (χ3n) is 3.88. The SMILES string of the molecule is COc1cccc2c1CC(C(C)(C)CO)C2. The molecule has 1 aromatic rings. The highest BCUT2D eigenvalue weighted by molar-refractivity contribution is 5.44. The molecule has 0 radical (unpaired) electrons. The summed E-state index contributed by atoms with van der Waals surface area (Å²) in [7, 11) is 1.72. The number of rotatable bonds is 3. The van der Waals surface area contributed by atoms with Gasteiger partial charge in [0.25, 0.3) is 0 Å². The predicted molar refractivity (Wildman–Crippen MR) is 64.8 cm³/mol. The standard InChI is InChI=1S/C14H20O2/c1-14(2,9-15)11-7-10-5-4-6-13(16-3)12(10)8-11/h4-6,11,15H,7-9H2,1-3H3. The van der Waals surface area contributed by atoms with Crippen LogP contribution in [0.1, 0.15) is 25.0 Å². The van der Waals surface area contributed by atoms with E-state index in [0.29, 0.717) is 5.92 Å². The normalized spacial score (nSPS) is 19.6. The Balaban J connectivity index is 2.27. The summed E-state index contributed by atoms with van der Waals surface area (Å²) in [4.78, 5) is 0. The van der Waals surface area contributed by atoms with E-state index in [-0.39, 0.29) is 12.0 Å². The second-order valence-electron chi connectivity index (χ2n) is 5.35. The van der Waals surface area contributed by atoms with Crippen molar-refractivity contribution < 1.29 is 9.84 Å². The Morgan fingerprint density at radius 3 is 2.75 bits per heavy atom. The van der Waals surface area contributed by atoms with Gasteiger partial charge in [-0.25, -0.2) is 0 Å². The van der Waals surface area contributed by atoms with Crippen LogP contribution in [0.25, 0.3) is 0 Å². The highest BCUT2D eigenvalue weighted by Gasteiger charge is 2.35. The van der Waals surface area contributed by atoms with Crippen molar-refractivity contribution in [1.29, 1.82) is 0 Å². The number of aliphatic hydroxyl groups is 1. The van der Waals surface area contributed by atoms with Gasteiger partial charge in [-0.15, -0.1) is 0 Å². The lowest BCUT2D eigenvalue weighted by Gasteiger charge is -2.29. The highest BCUT2D eigenvalue weighted by atomic mass is 16.5. The van der Waals surface area contributed by atoms with E-state index in [4.69, 9.17) is 4.74 Å². The van der Waals surface area contributed by atoms with Crippen LogP contribution in [0.2, 0.25) is 0 Å².